The Kier molecular flexibility index (Phi) is 5.46. The highest BCUT2D eigenvalue weighted by molar-refractivity contribution is 8.01. The molecule has 2 aromatic rings. The lowest BCUT2D eigenvalue weighted by Gasteiger charge is -2.05. The Morgan fingerprint density at radius 3 is 2.52 bits per heavy atom. The molecule has 0 spiro atoms. The number of carbonyl (C=O) groups is 2. The van der Waals surface area contributed by atoms with Crippen molar-refractivity contribution in [2.75, 3.05) is 11.1 Å². The summed E-state index contributed by atoms with van der Waals surface area (Å²) in [7, 11) is 0. The molecule has 0 aliphatic carbocycles. The first-order valence-corrected chi connectivity index (χ1v) is 8.18. The minimum atomic E-state index is -0.0562. The molecule has 0 atom stereocenters. The summed E-state index contributed by atoms with van der Waals surface area (Å²) >= 11 is 3.05. The summed E-state index contributed by atoms with van der Waals surface area (Å²) in [5, 5.41) is 11.6. The number of carbonyl (C=O) groups excluding carboxylic acids is 2. The molecular formula is C14H15N3O2S2. The molecule has 2 rings (SSSR count). The van der Waals surface area contributed by atoms with Crippen LogP contribution in [0, 0.1) is 6.92 Å². The molecule has 1 heterocycles. The molecule has 0 saturated carbocycles. The summed E-state index contributed by atoms with van der Waals surface area (Å²) in [4.78, 5) is 23.0. The van der Waals surface area contributed by atoms with Gasteiger partial charge >= 0.3 is 0 Å². The number of amides is 1. The van der Waals surface area contributed by atoms with E-state index in [1.165, 1.54) is 30.0 Å². The molecule has 5 nitrogen and oxygen atoms in total. The molecule has 0 aliphatic rings. The van der Waals surface area contributed by atoms with E-state index in [4.69, 9.17) is 0 Å². The molecule has 1 aromatic carbocycles. The van der Waals surface area contributed by atoms with Crippen molar-refractivity contribution in [2.45, 2.75) is 24.6 Å². The van der Waals surface area contributed by atoms with Gasteiger partial charge in [0.2, 0.25) is 5.91 Å². The topological polar surface area (TPSA) is 72.0 Å². The first-order valence-electron chi connectivity index (χ1n) is 6.38. The Bertz CT molecular complexity index is 638. The zero-order valence-corrected chi connectivity index (χ0v) is 13.4. The number of hydrogen-bond acceptors (Lipinski definition) is 6. The molecular weight excluding hydrogens is 306 g/mol. The van der Waals surface area contributed by atoms with E-state index in [0.29, 0.717) is 23.4 Å². The van der Waals surface area contributed by atoms with Crippen LogP contribution < -0.4 is 5.32 Å². The number of ketones is 1. The quantitative estimate of drug-likeness (QED) is 0.653. The van der Waals surface area contributed by atoms with Gasteiger partial charge in [-0.05, 0) is 38.1 Å². The second-order valence-electron chi connectivity index (χ2n) is 4.37. The number of nitrogens with zero attached hydrogens (tertiary/aromatic N) is 2. The molecule has 0 saturated heterocycles. The van der Waals surface area contributed by atoms with Gasteiger partial charge in [-0.3, -0.25) is 9.59 Å². The van der Waals surface area contributed by atoms with Gasteiger partial charge in [-0.25, -0.2) is 0 Å². The minimum Gasteiger partial charge on any atom is -0.326 e. The van der Waals surface area contributed by atoms with Crippen LogP contribution in [0.4, 0.5) is 5.69 Å². The molecule has 1 aromatic heterocycles. The van der Waals surface area contributed by atoms with Gasteiger partial charge in [-0.1, -0.05) is 23.1 Å². The number of aromatic nitrogens is 2. The molecule has 0 unspecified atom stereocenters. The van der Waals surface area contributed by atoms with Crippen LogP contribution in [0.3, 0.4) is 0 Å². The normalized spacial score (nSPS) is 10.4. The molecule has 7 heteroatoms. The number of rotatable bonds is 6. The summed E-state index contributed by atoms with van der Waals surface area (Å²) in [6, 6.07) is 6.87. The maximum atomic E-state index is 11.8. The number of hydrogen-bond donors (Lipinski definition) is 1. The monoisotopic (exact) mass is 321 g/mol. The molecule has 1 amide bonds. The number of aryl methyl sites for hydroxylation is 1. The third-order valence-electron chi connectivity index (χ3n) is 2.64. The number of Topliss-reactive ketones (excluding diaryl/α,β-unsaturated/α-hetero) is 1. The van der Waals surface area contributed by atoms with Crippen molar-refractivity contribution >= 4 is 40.5 Å². The zero-order valence-electron chi connectivity index (χ0n) is 11.8. The highest BCUT2D eigenvalue weighted by Crippen LogP contribution is 2.22. The first-order chi connectivity index (χ1) is 10.0. The fourth-order valence-electron chi connectivity index (χ4n) is 1.58. The first kappa shape index (κ1) is 15.7. The lowest BCUT2D eigenvalue weighted by atomic mass is 10.1. The molecule has 0 bridgehead atoms. The molecule has 21 heavy (non-hydrogen) atoms. The largest absolute Gasteiger partial charge is 0.326 e. The van der Waals surface area contributed by atoms with Crippen molar-refractivity contribution < 1.29 is 9.59 Å². The highest BCUT2D eigenvalue weighted by atomic mass is 32.2. The summed E-state index contributed by atoms with van der Waals surface area (Å²) in [5.41, 5.74) is 1.33. The molecule has 1 N–H and O–H groups in total. The van der Waals surface area contributed by atoms with Gasteiger partial charge in [0.25, 0.3) is 0 Å². The van der Waals surface area contributed by atoms with Crippen LogP contribution in [-0.2, 0) is 4.79 Å². The van der Waals surface area contributed by atoms with E-state index in [0.717, 1.165) is 9.35 Å². The summed E-state index contributed by atoms with van der Waals surface area (Å²) in [6.07, 6.45) is 0.401. The fraction of sp³-hybridized carbons (Fsp3) is 0.286. The maximum Gasteiger partial charge on any atom is 0.225 e. The van der Waals surface area contributed by atoms with Gasteiger partial charge in [-0.15, -0.1) is 10.2 Å². The minimum absolute atomic E-state index is 0.0108. The summed E-state index contributed by atoms with van der Waals surface area (Å²) < 4.78 is 0.881. The van der Waals surface area contributed by atoms with Crippen molar-refractivity contribution in [3.8, 4) is 0 Å². The summed E-state index contributed by atoms with van der Waals surface area (Å²) in [5.74, 6) is 0.613. The van der Waals surface area contributed by atoms with Gasteiger partial charge in [0.15, 0.2) is 10.1 Å². The second kappa shape index (κ2) is 7.33. The third-order valence-corrected chi connectivity index (χ3v) is 4.61. The Balaban J connectivity index is 1.77. The number of nitrogens with one attached hydrogen (secondary N) is 1. The molecule has 0 fully saturated rings. The van der Waals surface area contributed by atoms with E-state index in [1.54, 1.807) is 24.3 Å². The fourth-order valence-corrected chi connectivity index (χ4v) is 3.40. The van der Waals surface area contributed by atoms with Crippen molar-refractivity contribution in [1.29, 1.82) is 0 Å². The Morgan fingerprint density at radius 1 is 1.24 bits per heavy atom. The average molecular weight is 321 g/mol. The number of thioether (sulfide) groups is 1. The SMILES string of the molecule is CC(=O)c1ccc(NC(=O)CCSc2nnc(C)s2)cc1. The van der Waals surface area contributed by atoms with Gasteiger partial charge in [0.05, 0.1) is 0 Å². The molecule has 0 radical (unpaired) electrons. The van der Waals surface area contributed by atoms with E-state index in [1.807, 2.05) is 6.92 Å². The average Bonchev–Trinajstić information content (AvgIpc) is 2.85. The van der Waals surface area contributed by atoms with Gasteiger partial charge in [0.1, 0.15) is 5.01 Å². The van der Waals surface area contributed by atoms with Crippen molar-refractivity contribution in [3.05, 3.63) is 34.8 Å². The number of anilines is 1. The maximum absolute atomic E-state index is 11.8. The van der Waals surface area contributed by atoms with Crippen LogP contribution in [0.2, 0.25) is 0 Å². The molecule has 0 aliphatic heterocycles. The Labute approximate surface area is 131 Å². The van der Waals surface area contributed by atoms with Gasteiger partial charge in [-0.2, -0.15) is 0 Å². The van der Waals surface area contributed by atoms with Crippen LogP contribution in [0.5, 0.6) is 0 Å². The lowest BCUT2D eigenvalue weighted by Crippen LogP contribution is -2.12. The Hall–Kier alpha value is -1.73. The van der Waals surface area contributed by atoms with Crippen molar-refractivity contribution in [3.63, 3.8) is 0 Å². The van der Waals surface area contributed by atoms with Crippen LogP contribution in [0.25, 0.3) is 0 Å². The van der Waals surface area contributed by atoms with E-state index >= 15 is 0 Å². The van der Waals surface area contributed by atoms with Crippen LogP contribution in [0.15, 0.2) is 28.6 Å². The van der Waals surface area contributed by atoms with E-state index in [-0.39, 0.29) is 11.7 Å². The predicted molar refractivity (Wildman–Crippen MR) is 85.1 cm³/mol. The van der Waals surface area contributed by atoms with Crippen LogP contribution in [0.1, 0.15) is 28.7 Å². The molecule has 110 valence electrons. The highest BCUT2D eigenvalue weighted by Gasteiger charge is 2.06. The van der Waals surface area contributed by atoms with E-state index in [9.17, 15) is 9.59 Å². The summed E-state index contributed by atoms with van der Waals surface area (Å²) in [6.45, 7) is 3.42. The van der Waals surface area contributed by atoms with Crippen LogP contribution >= 0.6 is 23.1 Å². The smallest absolute Gasteiger partial charge is 0.225 e. The van der Waals surface area contributed by atoms with Crippen molar-refractivity contribution in [1.82, 2.24) is 10.2 Å². The van der Waals surface area contributed by atoms with Crippen LogP contribution in [-0.4, -0.2) is 27.6 Å². The van der Waals surface area contributed by atoms with Crippen molar-refractivity contribution in [2.24, 2.45) is 0 Å². The third kappa shape index (κ3) is 4.95. The van der Waals surface area contributed by atoms with Gasteiger partial charge < -0.3 is 5.32 Å². The standard InChI is InChI=1S/C14H15N3O2S2/c1-9(18)11-3-5-12(6-4-11)15-13(19)7-8-20-14-17-16-10(2)21-14/h3-6H,7-8H2,1-2H3,(H,15,19). The Morgan fingerprint density at radius 2 is 1.95 bits per heavy atom. The lowest BCUT2D eigenvalue weighted by molar-refractivity contribution is -0.115. The van der Waals surface area contributed by atoms with E-state index in [2.05, 4.69) is 15.5 Å². The zero-order chi connectivity index (χ0) is 15.2. The number of benzene rings is 1. The second-order valence-corrected chi connectivity index (χ2v) is 6.89. The van der Waals surface area contributed by atoms with Gasteiger partial charge in [0, 0.05) is 23.4 Å². The predicted octanol–water partition coefficient (Wildman–Crippen LogP) is 3.17. The van der Waals surface area contributed by atoms with E-state index < -0.39 is 0 Å².